The second-order valence-corrected chi connectivity index (χ2v) is 8.52. The molecule has 7 heteroatoms. The van der Waals surface area contributed by atoms with Gasteiger partial charge in [-0.1, -0.05) is 66.5 Å². The number of nitrogens with one attached hydrogen (secondary N) is 1. The van der Waals surface area contributed by atoms with Gasteiger partial charge in [0, 0.05) is 18.8 Å². The van der Waals surface area contributed by atoms with Crippen LogP contribution in [-0.4, -0.2) is 35.1 Å². The smallest absolute Gasteiger partial charge is 0.242 e. The topological polar surface area (TPSA) is 49.4 Å². The molecule has 156 valence electrons. The third-order valence-corrected chi connectivity index (χ3v) is 6.12. The molecule has 0 heterocycles. The van der Waals surface area contributed by atoms with Crippen molar-refractivity contribution in [1.29, 1.82) is 0 Å². The van der Waals surface area contributed by atoms with Gasteiger partial charge in [-0.05, 0) is 36.6 Å². The van der Waals surface area contributed by atoms with E-state index < -0.39 is 6.04 Å². The Labute approximate surface area is 187 Å². The predicted molar refractivity (Wildman–Crippen MR) is 122 cm³/mol. The summed E-state index contributed by atoms with van der Waals surface area (Å²) in [7, 11) is 0. The summed E-state index contributed by atoms with van der Waals surface area (Å²) in [6, 6.07) is 14.7. The fourth-order valence-electron chi connectivity index (χ4n) is 2.73. The van der Waals surface area contributed by atoms with Gasteiger partial charge in [-0.25, -0.2) is 0 Å². The van der Waals surface area contributed by atoms with Crippen molar-refractivity contribution < 1.29 is 9.59 Å². The normalized spacial score (nSPS) is 11.7. The lowest BCUT2D eigenvalue weighted by Crippen LogP contribution is -2.48. The third-order valence-electron chi connectivity index (χ3n) is 4.39. The first-order valence-electron chi connectivity index (χ1n) is 9.55. The molecule has 1 atom stereocenters. The maximum Gasteiger partial charge on any atom is 0.242 e. The van der Waals surface area contributed by atoms with Gasteiger partial charge in [0.15, 0.2) is 0 Å². The maximum absolute atomic E-state index is 13.0. The summed E-state index contributed by atoms with van der Waals surface area (Å²) in [6.07, 6.45) is 0.839. The van der Waals surface area contributed by atoms with Gasteiger partial charge in [0.25, 0.3) is 0 Å². The molecule has 4 nitrogen and oxygen atoms in total. The Morgan fingerprint density at radius 3 is 2.45 bits per heavy atom. The molecule has 0 spiro atoms. The molecule has 0 bridgehead atoms. The van der Waals surface area contributed by atoms with Crippen LogP contribution in [0.4, 0.5) is 0 Å². The molecule has 0 aliphatic rings. The van der Waals surface area contributed by atoms with E-state index in [0.29, 0.717) is 28.9 Å². The second-order valence-electron chi connectivity index (χ2n) is 6.72. The molecule has 0 fully saturated rings. The highest BCUT2D eigenvalue weighted by Crippen LogP contribution is 2.24. The number of carbonyl (C=O) groups excluding carboxylic acids is 2. The Morgan fingerprint density at radius 1 is 1.07 bits per heavy atom. The van der Waals surface area contributed by atoms with E-state index >= 15 is 0 Å². The Hall–Kier alpha value is -1.69. The molecular formula is C22H26Cl2N2O2S. The van der Waals surface area contributed by atoms with Crippen molar-refractivity contribution in [3.05, 3.63) is 69.7 Å². The molecule has 2 amide bonds. The lowest BCUT2D eigenvalue weighted by molar-refractivity contribution is -0.138. The van der Waals surface area contributed by atoms with Crippen molar-refractivity contribution >= 4 is 46.8 Å². The van der Waals surface area contributed by atoms with Crippen LogP contribution >= 0.6 is 35.0 Å². The number of nitrogens with zero attached hydrogens (tertiary/aromatic N) is 1. The quantitative estimate of drug-likeness (QED) is 0.540. The zero-order chi connectivity index (χ0) is 21.2. The zero-order valence-electron chi connectivity index (χ0n) is 16.7. The van der Waals surface area contributed by atoms with Crippen molar-refractivity contribution in [3.8, 4) is 0 Å². The average molecular weight is 453 g/mol. The predicted octanol–water partition coefficient (Wildman–Crippen LogP) is 5.17. The van der Waals surface area contributed by atoms with Crippen LogP contribution in [0.3, 0.4) is 0 Å². The molecule has 2 aromatic carbocycles. The van der Waals surface area contributed by atoms with Crippen LogP contribution in [0.5, 0.6) is 0 Å². The van der Waals surface area contributed by atoms with Gasteiger partial charge in [0.2, 0.25) is 11.8 Å². The highest BCUT2D eigenvalue weighted by Gasteiger charge is 2.26. The van der Waals surface area contributed by atoms with Gasteiger partial charge < -0.3 is 10.2 Å². The summed E-state index contributed by atoms with van der Waals surface area (Å²) in [4.78, 5) is 27.1. The fraction of sp³-hybridized carbons (Fsp3) is 0.364. The molecule has 0 saturated heterocycles. The molecule has 2 aromatic rings. The molecule has 2 rings (SSSR count). The first kappa shape index (κ1) is 23.6. The van der Waals surface area contributed by atoms with E-state index in [2.05, 4.69) is 5.32 Å². The molecule has 0 saturated carbocycles. The van der Waals surface area contributed by atoms with Gasteiger partial charge >= 0.3 is 0 Å². The summed E-state index contributed by atoms with van der Waals surface area (Å²) >= 11 is 13.7. The van der Waals surface area contributed by atoms with Crippen molar-refractivity contribution in [2.45, 2.75) is 38.6 Å². The van der Waals surface area contributed by atoms with Crippen LogP contribution in [0.1, 0.15) is 31.4 Å². The SMILES string of the molecule is CCCNC(=O)C(C)N(Cc1ccc(Cl)c(Cl)c1)C(=O)CSCc1ccccc1. The summed E-state index contributed by atoms with van der Waals surface area (Å²) in [5, 5.41) is 3.76. The molecule has 1 N–H and O–H groups in total. The van der Waals surface area contributed by atoms with E-state index in [1.165, 1.54) is 11.8 Å². The summed E-state index contributed by atoms with van der Waals surface area (Å²) in [5.74, 6) is 0.787. The lowest BCUT2D eigenvalue weighted by atomic mass is 10.1. The van der Waals surface area contributed by atoms with Gasteiger partial charge in [-0.15, -0.1) is 11.8 Å². The largest absolute Gasteiger partial charge is 0.354 e. The first-order valence-corrected chi connectivity index (χ1v) is 11.5. The molecule has 29 heavy (non-hydrogen) atoms. The van der Waals surface area contributed by atoms with E-state index in [9.17, 15) is 9.59 Å². The summed E-state index contributed by atoms with van der Waals surface area (Å²) in [5.41, 5.74) is 1.99. The molecule has 1 unspecified atom stereocenters. The molecule has 0 aliphatic heterocycles. The van der Waals surface area contributed by atoms with Crippen LogP contribution in [0.2, 0.25) is 10.0 Å². The highest BCUT2D eigenvalue weighted by molar-refractivity contribution is 7.99. The monoisotopic (exact) mass is 452 g/mol. The van der Waals surface area contributed by atoms with Crippen molar-refractivity contribution in [3.63, 3.8) is 0 Å². The minimum Gasteiger partial charge on any atom is -0.354 e. The van der Waals surface area contributed by atoms with E-state index in [-0.39, 0.29) is 11.8 Å². The number of hydrogen-bond donors (Lipinski definition) is 1. The minimum atomic E-state index is -0.583. The Kier molecular flexibility index (Phi) is 9.85. The Morgan fingerprint density at radius 2 is 1.79 bits per heavy atom. The number of benzene rings is 2. The molecule has 0 aliphatic carbocycles. The van der Waals surface area contributed by atoms with Crippen LogP contribution in [0.25, 0.3) is 0 Å². The zero-order valence-corrected chi connectivity index (χ0v) is 19.0. The van der Waals surface area contributed by atoms with E-state index in [1.54, 1.807) is 24.0 Å². The Balaban J connectivity index is 2.08. The molecule has 0 aromatic heterocycles. The number of thioether (sulfide) groups is 1. The van der Waals surface area contributed by atoms with Gasteiger partial charge in [0.1, 0.15) is 6.04 Å². The van der Waals surface area contributed by atoms with Crippen molar-refractivity contribution in [2.75, 3.05) is 12.3 Å². The summed E-state index contributed by atoms with van der Waals surface area (Å²) in [6.45, 7) is 4.62. The van der Waals surface area contributed by atoms with Crippen LogP contribution in [0, 0.1) is 0 Å². The van der Waals surface area contributed by atoms with E-state index in [1.807, 2.05) is 43.3 Å². The van der Waals surface area contributed by atoms with E-state index in [0.717, 1.165) is 23.3 Å². The van der Waals surface area contributed by atoms with Gasteiger partial charge in [-0.2, -0.15) is 0 Å². The molecule has 0 radical (unpaired) electrons. The van der Waals surface area contributed by atoms with Crippen LogP contribution < -0.4 is 5.32 Å². The maximum atomic E-state index is 13.0. The first-order chi connectivity index (χ1) is 13.9. The third kappa shape index (κ3) is 7.57. The number of rotatable bonds is 10. The van der Waals surface area contributed by atoms with Crippen molar-refractivity contribution in [1.82, 2.24) is 10.2 Å². The van der Waals surface area contributed by atoms with Crippen molar-refractivity contribution in [2.24, 2.45) is 0 Å². The number of carbonyl (C=O) groups is 2. The number of hydrogen-bond acceptors (Lipinski definition) is 3. The van der Waals surface area contributed by atoms with Gasteiger partial charge in [0.05, 0.1) is 15.8 Å². The lowest BCUT2D eigenvalue weighted by Gasteiger charge is -2.29. The minimum absolute atomic E-state index is 0.0869. The van der Waals surface area contributed by atoms with Crippen LogP contribution in [-0.2, 0) is 21.9 Å². The van der Waals surface area contributed by atoms with E-state index in [4.69, 9.17) is 23.2 Å². The fourth-order valence-corrected chi connectivity index (χ4v) is 3.92. The standard InChI is InChI=1S/C22H26Cl2N2O2S/c1-3-11-25-22(28)16(2)26(13-18-9-10-19(23)20(24)12-18)21(27)15-29-14-17-7-5-4-6-8-17/h4-10,12,16H,3,11,13-15H2,1-2H3,(H,25,28). The molecular weight excluding hydrogens is 427 g/mol. The second kappa shape index (κ2) is 12.1. The van der Waals surface area contributed by atoms with Crippen LogP contribution in [0.15, 0.2) is 48.5 Å². The summed E-state index contributed by atoms with van der Waals surface area (Å²) < 4.78 is 0. The number of amides is 2. The average Bonchev–Trinajstić information content (AvgIpc) is 2.72. The number of halogens is 2. The highest BCUT2D eigenvalue weighted by atomic mass is 35.5. The van der Waals surface area contributed by atoms with Gasteiger partial charge in [-0.3, -0.25) is 9.59 Å². The Bertz CT molecular complexity index is 818.